The molecule has 0 saturated carbocycles. The summed E-state index contributed by atoms with van der Waals surface area (Å²) in [5.41, 5.74) is 2.18. The van der Waals surface area contributed by atoms with Gasteiger partial charge in [0.2, 0.25) is 5.91 Å². The highest BCUT2D eigenvalue weighted by Crippen LogP contribution is 2.23. The largest absolute Gasteiger partial charge is 0.444 e. The van der Waals surface area contributed by atoms with Crippen molar-refractivity contribution in [3.05, 3.63) is 77.3 Å². The van der Waals surface area contributed by atoms with E-state index < -0.39 is 12.1 Å². The number of aliphatic hydroxyl groups is 1. The summed E-state index contributed by atoms with van der Waals surface area (Å²) in [5.74, 6) is 0.0348. The number of hydrogen-bond donors (Lipinski definition) is 2. The van der Waals surface area contributed by atoms with Crippen LogP contribution in [0.5, 0.6) is 0 Å². The molecule has 2 N–H and O–H groups in total. The third kappa shape index (κ3) is 4.37. The van der Waals surface area contributed by atoms with Gasteiger partial charge in [0.05, 0.1) is 12.3 Å². The topological polar surface area (TPSA) is 95.7 Å². The molecule has 1 aromatic heterocycles. The van der Waals surface area contributed by atoms with Crippen LogP contribution in [0, 0.1) is 0 Å². The molecule has 30 heavy (non-hydrogen) atoms. The number of aromatic nitrogens is 1. The summed E-state index contributed by atoms with van der Waals surface area (Å²) in [6.07, 6.45) is 2.46. The lowest BCUT2D eigenvalue weighted by atomic mass is 10.1. The van der Waals surface area contributed by atoms with Crippen LogP contribution in [0.4, 0.5) is 0 Å². The number of nitrogens with zero attached hydrogens (tertiary/aromatic N) is 2. The quantitative estimate of drug-likeness (QED) is 0.655. The average molecular weight is 426 g/mol. The van der Waals surface area contributed by atoms with E-state index in [1.165, 1.54) is 11.3 Å². The molecule has 0 aliphatic carbocycles. The molecule has 1 aliphatic heterocycles. The van der Waals surface area contributed by atoms with Gasteiger partial charge in [-0.05, 0) is 23.8 Å². The van der Waals surface area contributed by atoms with Crippen LogP contribution in [0.3, 0.4) is 0 Å². The number of β-amino-alcohol motifs (C(OH)–C–C–N with tert-alkyl or cyclic N) is 1. The molecule has 2 heterocycles. The lowest BCUT2D eigenvalue weighted by Crippen LogP contribution is -2.45. The highest BCUT2D eigenvalue weighted by Gasteiger charge is 2.39. The summed E-state index contributed by atoms with van der Waals surface area (Å²) in [7, 11) is 0. The summed E-state index contributed by atoms with van der Waals surface area (Å²) in [4.78, 5) is 30.9. The second-order valence-electron chi connectivity index (χ2n) is 7.15. The van der Waals surface area contributed by atoms with Crippen molar-refractivity contribution in [3.63, 3.8) is 0 Å². The van der Waals surface area contributed by atoms with E-state index in [0.717, 1.165) is 11.1 Å². The number of benzene rings is 2. The Hall–Kier alpha value is -3.16. The molecule has 2 amide bonds. The monoisotopic (exact) mass is 425 g/mol. The molecule has 1 saturated heterocycles. The van der Waals surface area contributed by atoms with Crippen LogP contribution < -0.4 is 5.32 Å². The Balaban J connectivity index is 1.41. The van der Waals surface area contributed by atoms with E-state index in [2.05, 4.69) is 10.3 Å². The summed E-state index contributed by atoms with van der Waals surface area (Å²) in [6.45, 7) is 0.413. The first-order valence-corrected chi connectivity index (χ1v) is 9.89. The molecule has 1 unspecified atom stereocenters. The fourth-order valence-electron chi connectivity index (χ4n) is 3.53. The van der Waals surface area contributed by atoms with E-state index in [1.54, 1.807) is 30.5 Å². The maximum atomic E-state index is 12.8. The molecule has 8 heteroatoms. The second kappa shape index (κ2) is 8.69. The Kier molecular flexibility index (Phi) is 5.83. The molecule has 1 fully saturated rings. The number of halogens is 1. The van der Waals surface area contributed by atoms with Crippen molar-refractivity contribution in [2.75, 3.05) is 6.54 Å². The minimum absolute atomic E-state index is 0.106. The van der Waals surface area contributed by atoms with Gasteiger partial charge in [-0.1, -0.05) is 41.9 Å². The molecule has 3 aromatic rings. The molecule has 1 aliphatic rings. The van der Waals surface area contributed by atoms with Crippen molar-refractivity contribution in [2.45, 2.75) is 25.1 Å². The maximum absolute atomic E-state index is 12.8. The molecule has 2 aromatic carbocycles. The van der Waals surface area contributed by atoms with Gasteiger partial charge < -0.3 is 19.7 Å². The van der Waals surface area contributed by atoms with Crippen LogP contribution in [0.15, 0.2) is 65.5 Å². The van der Waals surface area contributed by atoms with E-state index in [-0.39, 0.29) is 24.8 Å². The molecular weight excluding hydrogens is 406 g/mol. The lowest BCUT2D eigenvalue weighted by molar-refractivity contribution is -0.125. The number of carbonyl (C=O) groups is 2. The van der Waals surface area contributed by atoms with Gasteiger partial charge >= 0.3 is 0 Å². The van der Waals surface area contributed by atoms with Gasteiger partial charge in [0.15, 0.2) is 12.2 Å². The van der Waals surface area contributed by atoms with Gasteiger partial charge in [-0.3, -0.25) is 9.59 Å². The normalized spacial score (nSPS) is 18.4. The van der Waals surface area contributed by atoms with Gasteiger partial charge in [-0.25, -0.2) is 4.98 Å². The third-order valence-electron chi connectivity index (χ3n) is 5.05. The van der Waals surface area contributed by atoms with Gasteiger partial charge in [0, 0.05) is 35.7 Å². The fourth-order valence-corrected chi connectivity index (χ4v) is 3.72. The first-order chi connectivity index (χ1) is 14.5. The van der Waals surface area contributed by atoms with E-state index in [9.17, 15) is 14.7 Å². The molecule has 154 valence electrons. The van der Waals surface area contributed by atoms with Crippen molar-refractivity contribution < 1.29 is 19.1 Å². The zero-order valence-corrected chi connectivity index (χ0v) is 16.7. The van der Waals surface area contributed by atoms with Crippen LogP contribution >= 0.6 is 11.6 Å². The van der Waals surface area contributed by atoms with Crippen molar-refractivity contribution in [2.24, 2.45) is 0 Å². The molecule has 2 atom stereocenters. The number of amides is 2. The van der Waals surface area contributed by atoms with Crippen LogP contribution in [0.25, 0.3) is 11.3 Å². The number of aliphatic hydroxyl groups excluding tert-OH is 1. The molecule has 4 rings (SSSR count). The predicted octanol–water partition coefficient (Wildman–Crippen LogP) is 2.89. The summed E-state index contributed by atoms with van der Waals surface area (Å²) < 4.78 is 5.26. The fraction of sp³-hybridized carbons (Fsp3) is 0.227. The minimum atomic E-state index is -0.745. The van der Waals surface area contributed by atoms with Crippen LogP contribution in [-0.2, 0) is 11.3 Å². The molecular formula is C22H20ClN3O4. The van der Waals surface area contributed by atoms with E-state index >= 15 is 0 Å². The number of carbonyl (C=O) groups excluding carboxylic acids is 2. The number of likely N-dealkylation sites (tertiary alicyclic amines) is 1. The van der Waals surface area contributed by atoms with E-state index in [4.69, 9.17) is 16.0 Å². The maximum Gasteiger partial charge on any atom is 0.254 e. The Labute approximate surface area is 178 Å². The van der Waals surface area contributed by atoms with Gasteiger partial charge in [-0.15, -0.1) is 0 Å². The summed E-state index contributed by atoms with van der Waals surface area (Å²) >= 11 is 5.98. The highest BCUT2D eigenvalue weighted by molar-refractivity contribution is 6.31. The lowest BCUT2D eigenvalue weighted by Gasteiger charge is -2.24. The first kappa shape index (κ1) is 20.1. The SMILES string of the molecule is O=C(NCc1ccc(-c2cnco2)cc1)[C@@H]1CC(O)CN1C(=O)c1cccc(Cl)c1. The number of oxazole rings is 1. The van der Waals surface area contributed by atoms with Crippen molar-refractivity contribution in [1.29, 1.82) is 0 Å². The Morgan fingerprint density at radius 1 is 1.23 bits per heavy atom. The zero-order valence-electron chi connectivity index (χ0n) is 16.0. The number of hydrogen-bond acceptors (Lipinski definition) is 5. The van der Waals surface area contributed by atoms with Gasteiger partial charge in [0.25, 0.3) is 5.91 Å². The standard InChI is InChI=1S/C22H20ClN3O4/c23-17-3-1-2-16(8-17)22(29)26-12-18(27)9-19(26)21(28)25-10-14-4-6-15(7-5-14)20-11-24-13-30-20/h1-8,11,13,18-19,27H,9-10,12H2,(H,25,28)/t18?,19-/m0/s1. The van der Waals surface area contributed by atoms with Crippen LogP contribution in [-0.4, -0.2) is 45.5 Å². The molecule has 0 bridgehead atoms. The minimum Gasteiger partial charge on any atom is -0.444 e. The number of rotatable bonds is 5. The second-order valence-corrected chi connectivity index (χ2v) is 7.59. The van der Waals surface area contributed by atoms with Crippen LogP contribution in [0.2, 0.25) is 5.02 Å². The zero-order chi connectivity index (χ0) is 21.1. The first-order valence-electron chi connectivity index (χ1n) is 9.51. The van der Waals surface area contributed by atoms with Gasteiger partial charge in [0.1, 0.15) is 6.04 Å². The van der Waals surface area contributed by atoms with E-state index in [0.29, 0.717) is 22.9 Å². The predicted molar refractivity (Wildman–Crippen MR) is 111 cm³/mol. The number of nitrogens with one attached hydrogen (secondary N) is 1. The smallest absolute Gasteiger partial charge is 0.254 e. The highest BCUT2D eigenvalue weighted by atomic mass is 35.5. The molecule has 0 radical (unpaired) electrons. The van der Waals surface area contributed by atoms with Crippen molar-refractivity contribution in [3.8, 4) is 11.3 Å². The Morgan fingerprint density at radius 3 is 2.73 bits per heavy atom. The molecule has 7 nitrogen and oxygen atoms in total. The third-order valence-corrected chi connectivity index (χ3v) is 5.29. The van der Waals surface area contributed by atoms with Crippen LogP contribution in [0.1, 0.15) is 22.3 Å². The van der Waals surface area contributed by atoms with E-state index in [1.807, 2.05) is 24.3 Å². The van der Waals surface area contributed by atoms with Gasteiger partial charge in [-0.2, -0.15) is 0 Å². The molecule has 0 spiro atoms. The Morgan fingerprint density at radius 2 is 2.03 bits per heavy atom. The average Bonchev–Trinajstić information content (AvgIpc) is 3.42. The Bertz CT molecular complexity index is 1040. The van der Waals surface area contributed by atoms with Crippen molar-refractivity contribution >= 4 is 23.4 Å². The summed E-state index contributed by atoms with van der Waals surface area (Å²) in [5, 5.41) is 13.4. The summed E-state index contributed by atoms with van der Waals surface area (Å²) in [6, 6.07) is 13.4. The van der Waals surface area contributed by atoms with Crippen molar-refractivity contribution in [1.82, 2.24) is 15.2 Å².